The Morgan fingerprint density at radius 3 is 3.12 bits per heavy atom. The summed E-state index contributed by atoms with van der Waals surface area (Å²) in [6.45, 7) is 0. The fraction of sp³-hybridized carbons (Fsp3) is 0.333. The second-order valence-electron chi connectivity index (χ2n) is 4.07. The van der Waals surface area contributed by atoms with Crippen molar-refractivity contribution in [1.29, 1.82) is 0 Å². The van der Waals surface area contributed by atoms with Crippen LogP contribution in [0.15, 0.2) is 29.3 Å². The number of aliphatic imine (C=N–C) groups is 1. The van der Waals surface area contributed by atoms with Crippen molar-refractivity contribution in [3.05, 3.63) is 29.8 Å². The van der Waals surface area contributed by atoms with Gasteiger partial charge in [-0.05, 0) is 12.1 Å². The van der Waals surface area contributed by atoms with E-state index in [0.717, 1.165) is 28.7 Å². The number of anilines is 1. The van der Waals surface area contributed by atoms with Crippen LogP contribution in [0.25, 0.3) is 0 Å². The van der Waals surface area contributed by atoms with E-state index < -0.39 is 0 Å². The van der Waals surface area contributed by atoms with Gasteiger partial charge < -0.3 is 10.2 Å². The van der Waals surface area contributed by atoms with E-state index in [1.54, 1.807) is 18.8 Å². The highest BCUT2D eigenvalue weighted by molar-refractivity contribution is 7.99. The van der Waals surface area contributed by atoms with Gasteiger partial charge in [-0.1, -0.05) is 12.1 Å². The maximum atomic E-state index is 12.4. The summed E-state index contributed by atoms with van der Waals surface area (Å²) in [6.07, 6.45) is 0. The van der Waals surface area contributed by atoms with E-state index in [9.17, 15) is 4.79 Å². The second kappa shape index (κ2) is 4.07. The van der Waals surface area contributed by atoms with Gasteiger partial charge in [-0.25, -0.2) is 0 Å². The molecule has 0 radical (unpaired) electrons. The molecule has 3 rings (SSSR count). The SMILES string of the molecule is CN=C1Nc2ccccc2C(=O)N2CSC[C@H]12. The van der Waals surface area contributed by atoms with Gasteiger partial charge in [0, 0.05) is 12.8 Å². The van der Waals surface area contributed by atoms with Crippen LogP contribution in [-0.2, 0) is 0 Å². The number of nitrogens with one attached hydrogen (secondary N) is 1. The first-order valence-corrected chi connectivity index (χ1v) is 6.68. The third-order valence-electron chi connectivity index (χ3n) is 3.12. The summed E-state index contributed by atoms with van der Waals surface area (Å²) >= 11 is 1.77. The first-order valence-electron chi connectivity index (χ1n) is 5.52. The molecule has 4 nitrogen and oxygen atoms in total. The summed E-state index contributed by atoms with van der Waals surface area (Å²) < 4.78 is 0. The lowest BCUT2D eigenvalue weighted by atomic mass is 10.1. The number of para-hydroxylation sites is 1. The Morgan fingerprint density at radius 2 is 2.29 bits per heavy atom. The van der Waals surface area contributed by atoms with Gasteiger partial charge in [-0.3, -0.25) is 9.79 Å². The van der Waals surface area contributed by atoms with Gasteiger partial charge >= 0.3 is 0 Å². The first kappa shape index (κ1) is 10.7. The van der Waals surface area contributed by atoms with Gasteiger partial charge in [0.2, 0.25) is 0 Å². The lowest BCUT2D eigenvalue weighted by molar-refractivity contribution is 0.0783. The van der Waals surface area contributed by atoms with Crippen molar-refractivity contribution in [3.63, 3.8) is 0 Å². The van der Waals surface area contributed by atoms with Gasteiger partial charge in [-0.15, -0.1) is 11.8 Å². The van der Waals surface area contributed by atoms with Crippen LogP contribution in [0, 0.1) is 0 Å². The molecule has 2 heterocycles. The minimum absolute atomic E-state index is 0.0879. The Bertz CT molecular complexity index is 500. The largest absolute Gasteiger partial charge is 0.342 e. The quantitative estimate of drug-likeness (QED) is 0.758. The van der Waals surface area contributed by atoms with Crippen LogP contribution in [0.5, 0.6) is 0 Å². The van der Waals surface area contributed by atoms with E-state index in [4.69, 9.17) is 0 Å². The third kappa shape index (κ3) is 1.61. The average Bonchev–Trinajstić information content (AvgIpc) is 2.81. The molecule has 0 bridgehead atoms. The molecule has 1 atom stereocenters. The van der Waals surface area contributed by atoms with Crippen molar-refractivity contribution in [2.75, 3.05) is 24.0 Å². The van der Waals surface area contributed by atoms with E-state index in [1.165, 1.54) is 0 Å². The summed E-state index contributed by atoms with van der Waals surface area (Å²) in [5, 5.41) is 3.29. The molecular formula is C12H13N3OS. The molecule has 0 unspecified atom stereocenters. The molecule has 0 spiro atoms. The smallest absolute Gasteiger partial charge is 0.257 e. The van der Waals surface area contributed by atoms with Crippen molar-refractivity contribution in [2.45, 2.75) is 6.04 Å². The third-order valence-corrected chi connectivity index (χ3v) is 4.13. The number of carbonyl (C=O) groups is 1. The van der Waals surface area contributed by atoms with E-state index in [2.05, 4.69) is 10.3 Å². The molecule has 1 N–H and O–H groups in total. The monoisotopic (exact) mass is 247 g/mol. The van der Waals surface area contributed by atoms with Crippen molar-refractivity contribution >= 4 is 29.2 Å². The van der Waals surface area contributed by atoms with Crippen LogP contribution in [-0.4, -0.2) is 41.4 Å². The number of thioether (sulfide) groups is 1. The molecule has 0 aromatic heterocycles. The van der Waals surface area contributed by atoms with Gasteiger partial charge in [-0.2, -0.15) is 0 Å². The number of rotatable bonds is 0. The number of amides is 1. The zero-order chi connectivity index (χ0) is 11.8. The lowest BCUT2D eigenvalue weighted by Gasteiger charge is -2.21. The highest BCUT2D eigenvalue weighted by Gasteiger charge is 2.37. The highest BCUT2D eigenvalue weighted by atomic mass is 32.2. The fourth-order valence-corrected chi connectivity index (χ4v) is 3.39. The van der Waals surface area contributed by atoms with Crippen LogP contribution in [0.3, 0.4) is 0 Å². The van der Waals surface area contributed by atoms with Crippen LogP contribution in [0.4, 0.5) is 5.69 Å². The molecule has 88 valence electrons. The van der Waals surface area contributed by atoms with Crippen molar-refractivity contribution < 1.29 is 4.79 Å². The summed E-state index contributed by atoms with van der Waals surface area (Å²) in [5.74, 6) is 2.65. The lowest BCUT2D eigenvalue weighted by Crippen LogP contribution is -2.42. The zero-order valence-corrected chi connectivity index (χ0v) is 10.3. The number of hydrogen-bond donors (Lipinski definition) is 1. The van der Waals surface area contributed by atoms with Gasteiger partial charge in [0.15, 0.2) is 0 Å². The van der Waals surface area contributed by atoms with E-state index in [0.29, 0.717) is 0 Å². The number of nitrogens with zero attached hydrogens (tertiary/aromatic N) is 2. The minimum atomic E-state index is 0.0879. The molecule has 17 heavy (non-hydrogen) atoms. The molecule has 1 aromatic rings. The van der Waals surface area contributed by atoms with Gasteiger partial charge in [0.25, 0.3) is 5.91 Å². The Labute approximate surface area is 104 Å². The number of carbonyl (C=O) groups excluding carboxylic acids is 1. The molecule has 2 aliphatic heterocycles. The maximum Gasteiger partial charge on any atom is 0.257 e. The Kier molecular flexibility index (Phi) is 2.55. The highest BCUT2D eigenvalue weighted by Crippen LogP contribution is 2.30. The maximum absolute atomic E-state index is 12.4. The number of fused-ring (bicyclic) bond motifs is 2. The van der Waals surface area contributed by atoms with E-state index in [1.807, 2.05) is 29.2 Å². The van der Waals surface area contributed by atoms with E-state index in [-0.39, 0.29) is 11.9 Å². The summed E-state index contributed by atoms with van der Waals surface area (Å²) in [5.41, 5.74) is 1.59. The van der Waals surface area contributed by atoms with Crippen LogP contribution in [0.2, 0.25) is 0 Å². The number of benzene rings is 1. The predicted molar refractivity (Wildman–Crippen MR) is 70.7 cm³/mol. The zero-order valence-electron chi connectivity index (χ0n) is 9.51. The van der Waals surface area contributed by atoms with E-state index >= 15 is 0 Å². The van der Waals surface area contributed by atoms with Crippen LogP contribution < -0.4 is 5.32 Å². The normalized spacial score (nSPS) is 25.2. The van der Waals surface area contributed by atoms with Gasteiger partial charge in [0.1, 0.15) is 5.84 Å². The van der Waals surface area contributed by atoms with Crippen LogP contribution in [0.1, 0.15) is 10.4 Å². The van der Waals surface area contributed by atoms with Crippen molar-refractivity contribution in [2.24, 2.45) is 4.99 Å². The topological polar surface area (TPSA) is 44.7 Å². The molecule has 1 aromatic carbocycles. The molecule has 1 saturated heterocycles. The van der Waals surface area contributed by atoms with Crippen LogP contribution >= 0.6 is 11.8 Å². The molecular weight excluding hydrogens is 234 g/mol. The second-order valence-corrected chi connectivity index (χ2v) is 5.07. The number of hydrogen-bond acceptors (Lipinski definition) is 3. The van der Waals surface area contributed by atoms with Crippen molar-refractivity contribution in [3.8, 4) is 0 Å². The molecule has 1 fully saturated rings. The molecule has 2 aliphatic rings. The minimum Gasteiger partial charge on any atom is -0.342 e. The number of amidine groups is 1. The molecule has 5 heteroatoms. The van der Waals surface area contributed by atoms with Gasteiger partial charge in [0.05, 0.1) is 23.2 Å². The average molecular weight is 247 g/mol. The van der Waals surface area contributed by atoms with Crippen molar-refractivity contribution in [1.82, 2.24) is 4.90 Å². The Hall–Kier alpha value is -1.49. The summed E-state index contributed by atoms with van der Waals surface area (Å²) in [7, 11) is 1.77. The first-order chi connectivity index (χ1) is 8.31. The fourth-order valence-electron chi connectivity index (χ4n) is 2.23. The Balaban J connectivity index is 2.13. The summed E-state index contributed by atoms with van der Waals surface area (Å²) in [4.78, 5) is 18.6. The predicted octanol–water partition coefficient (Wildman–Crippen LogP) is 1.66. The summed E-state index contributed by atoms with van der Waals surface area (Å²) in [6, 6.07) is 7.70. The standard InChI is InChI=1S/C12H13N3OS/c1-13-11-10-6-17-7-15(10)12(16)8-4-2-3-5-9(8)14-11/h2-5,10H,6-7H2,1H3,(H,13,14)/t10-/m1/s1. The Morgan fingerprint density at radius 1 is 1.47 bits per heavy atom. The molecule has 0 aliphatic carbocycles. The molecule has 1 amide bonds. The molecule has 0 saturated carbocycles.